The van der Waals surface area contributed by atoms with Crippen molar-refractivity contribution in [3.8, 4) is 11.5 Å². The molecular formula is C17H20N2O5S. The summed E-state index contributed by atoms with van der Waals surface area (Å²) in [6.07, 6.45) is 1.65. The molecule has 1 aliphatic heterocycles. The molecule has 1 amide bonds. The first kappa shape index (κ1) is 18.7. The van der Waals surface area contributed by atoms with Crippen LogP contribution in [0, 0.1) is 6.92 Å². The normalized spacial score (nSPS) is 15.8. The Hall–Kier alpha value is -2.61. The SMILES string of the molecule is COC(=O)CN1C(=S)N(C)C(=O)/C1=C/c1ccc(OC)c(C)c1OC. The maximum atomic E-state index is 12.5. The smallest absolute Gasteiger partial charge is 0.325 e. The number of carbonyl (C=O) groups excluding carboxylic acids is 2. The third kappa shape index (κ3) is 3.43. The summed E-state index contributed by atoms with van der Waals surface area (Å²) in [4.78, 5) is 26.9. The molecule has 25 heavy (non-hydrogen) atoms. The average molecular weight is 364 g/mol. The van der Waals surface area contributed by atoms with Gasteiger partial charge in [-0.05, 0) is 37.4 Å². The lowest BCUT2D eigenvalue weighted by Crippen LogP contribution is -2.33. The van der Waals surface area contributed by atoms with Gasteiger partial charge in [0.05, 0.1) is 21.3 Å². The zero-order chi connectivity index (χ0) is 18.7. The molecule has 0 aliphatic carbocycles. The number of ether oxygens (including phenoxy) is 3. The number of benzene rings is 1. The fraction of sp³-hybridized carbons (Fsp3) is 0.353. The van der Waals surface area contributed by atoms with Crippen molar-refractivity contribution in [3.05, 3.63) is 29.0 Å². The molecule has 1 aliphatic rings. The molecule has 0 radical (unpaired) electrons. The molecule has 1 aromatic carbocycles. The lowest BCUT2D eigenvalue weighted by molar-refractivity contribution is -0.140. The third-order valence-corrected chi connectivity index (χ3v) is 4.44. The van der Waals surface area contributed by atoms with E-state index in [0.29, 0.717) is 17.1 Å². The van der Waals surface area contributed by atoms with Gasteiger partial charge in [-0.15, -0.1) is 0 Å². The average Bonchev–Trinajstić information content (AvgIpc) is 2.80. The Labute approximate surface area is 151 Å². The van der Waals surface area contributed by atoms with Gasteiger partial charge in [-0.2, -0.15) is 0 Å². The predicted molar refractivity (Wildman–Crippen MR) is 96.4 cm³/mol. The number of amides is 1. The topological polar surface area (TPSA) is 68.3 Å². The number of methoxy groups -OCH3 is 3. The summed E-state index contributed by atoms with van der Waals surface area (Å²) in [6, 6.07) is 3.57. The summed E-state index contributed by atoms with van der Waals surface area (Å²) in [5.41, 5.74) is 1.76. The predicted octanol–water partition coefficient (Wildman–Crippen LogP) is 1.59. The van der Waals surface area contributed by atoms with Crippen LogP contribution >= 0.6 is 12.2 Å². The minimum atomic E-state index is -0.491. The summed E-state index contributed by atoms with van der Waals surface area (Å²) in [6.45, 7) is 1.72. The van der Waals surface area contributed by atoms with Crippen molar-refractivity contribution in [2.24, 2.45) is 0 Å². The van der Waals surface area contributed by atoms with Crippen LogP contribution < -0.4 is 9.47 Å². The van der Waals surface area contributed by atoms with E-state index in [4.69, 9.17) is 21.7 Å². The van der Waals surface area contributed by atoms with E-state index in [-0.39, 0.29) is 23.3 Å². The second-order valence-corrected chi connectivity index (χ2v) is 5.72. The Bertz CT molecular complexity index is 760. The number of esters is 1. The number of carbonyl (C=O) groups is 2. The highest BCUT2D eigenvalue weighted by molar-refractivity contribution is 7.80. The van der Waals surface area contributed by atoms with Crippen molar-refractivity contribution in [3.63, 3.8) is 0 Å². The Morgan fingerprint density at radius 2 is 1.92 bits per heavy atom. The number of hydrogen-bond acceptors (Lipinski definition) is 6. The standard InChI is InChI=1S/C17H20N2O5S/c1-10-13(22-3)7-6-11(15(10)24-5)8-12-16(21)18(2)17(25)19(12)9-14(20)23-4/h6-8H,9H2,1-5H3/b12-8-. The molecule has 7 nitrogen and oxygen atoms in total. The van der Waals surface area contributed by atoms with E-state index < -0.39 is 5.97 Å². The first-order valence-electron chi connectivity index (χ1n) is 7.45. The maximum Gasteiger partial charge on any atom is 0.325 e. The van der Waals surface area contributed by atoms with Gasteiger partial charge in [0.15, 0.2) is 5.11 Å². The largest absolute Gasteiger partial charge is 0.496 e. The van der Waals surface area contributed by atoms with Crippen molar-refractivity contribution < 1.29 is 23.8 Å². The van der Waals surface area contributed by atoms with Gasteiger partial charge in [-0.3, -0.25) is 14.5 Å². The minimum absolute atomic E-state index is 0.144. The number of rotatable bonds is 5. The molecule has 0 saturated carbocycles. The number of likely N-dealkylation sites (N-methyl/N-ethyl adjacent to an activating group) is 1. The Balaban J connectivity index is 2.53. The number of hydrogen-bond donors (Lipinski definition) is 0. The summed E-state index contributed by atoms with van der Waals surface area (Å²) in [5.74, 6) is 0.465. The quantitative estimate of drug-likeness (QED) is 0.446. The molecule has 0 bridgehead atoms. The van der Waals surface area contributed by atoms with E-state index in [1.54, 1.807) is 39.5 Å². The van der Waals surface area contributed by atoms with Crippen LogP contribution in [0.15, 0.2) is 17.8 Å². The summed E-state index contributed by atoms with van der Waals surface area (Å²) in [5, 5.41) is 0.242. The molecule has 0 aromatic heterocycles. The molecule has 1 aromatic rings. The van der Waals surface area contributed by atoms with Gasteiger partial charge in [-0.25, -0.2) is 0 Å². The van der Waals surface area contributed by atoms with Gasteiger partial charge in [0, 0.05) is 18.2 Å². The third-order valence-electron chi connectivity index (χ3n) is 3.95. The molecule has 0 unspecified atom stereocenters. The monoisotopic (exact) mass is 364 g/mol. The molecule has 8 heteroatoms. The van der Waals surface area contributed by atoms with Crippen LogP contribution in [0.25, 0.3) is 6.08 Å². The molecule has 2 rings (SSSR count). The van der Waals surface area contributed by atoms with Gasteiger partial charge >= 0.3 is 5.97 Å². The van der Waals surface area contributed by atoms with Crippen LogP contribution in [-0.2, 0) is 14.3 Å². The highest BCUT2D eigenvalue weighted by Crippen LogP contribution is 2.34. The first-order valence-corrected chi connectivity index (χ1v) is 7.86. The van der Waals surface area contributed by atoms with Crippen LogP contribution in [0.2, 0.25) is 0 Å². The van der Waals surface area contributed by atoms with E-state index in [1.807, 2.05) is 6.92 Å². The van der Waals surface area contributed by atoms with Crippen LogP contribution in [-0.4, -0.2) is 61.7 Å². The van der Waals surface area contributed by atoms with Gasteiger partial charge in [0.2, 0.25) is 0 Å². The van der Waals surface area contributed by atoms with Crippen molar-refractivity contribution in [2.75, 3.05) is 34.9 Å². The fourth-order valence-electron chi connectivity index (χ4n) is 2.59. The Morgan fingerprint density at radius 1 is 1.24 bits per heavy atom. The Morgan fingerprint density at radius 3 is 2.48 bits per heavy atom. The molecule has 1 saturated heterocycles. The molecule has 0 spiro atoms. The molecule has 134 valence electrons. The van der Waals surface area contributed by atoms with Gasteiger partial charge in [0.1, 0.15) is 23.7 Å². The highest BCUT2D eigenvalue weighted by Gasteiger charge is 2.37. The first-order chi connectivity index (χ1) is 11.8. The fourth-order valence-corrected chi connectivity index (χ4v) is 2.84. The molecular weight excluding hydrogens is 344 g/mol. The van der Waals surface area contributed by atoms with Crippen molar-refractivity contribution >= 4 is 35.3 Å². The summed E-state index contributed by atoms with van der Waals surface area (Å²) in [7, 11) is 5.97. The second kappa shape index (κ2) is 7.52. The van der Waals surface area contributed by atoms with E-state index in [0.717, 1.165) is 5.56 Å². The van der Waals surface area contributed by atoms with Crippen molar-refractivity contribution in [2.45, 2.75) is 6.92 Å². The zero-order valence-electron chi connectivity index (χ0n) is 14.8. The number of nitrogens with zero attached hydrogens (tertiary/aromatic N) is 2. The van der Waals surface area contributed by atoms with Crippen molar-refractivity contribution in [1.82, 2.24) is 9.80 Å². The van der Waals surface area contributed by atoms with Crippen molar-refractivity contribution in [1.29, 1.82) is 0 Å². The van der Waals surface area contributed by atoms with E-state index in [2.05, 4.69) is 4.74 Å². The van der Waals surface area contributed by atoms with Crippen LogP contribution in [0.4, 0.5) is 0 Å². The number of thiocarbonyl (C=S) groups is 1. The molecule has 0 N–H and O–H groups in total. The zero-order valence-corrected chi connectivity index (χ0v) is 15.6. The molecule has 0 atom stereocenters. The van der Waals surface area contributed by atoms with Gasteiger partial charge in [0.25, 0.3) is 5.91 Å². The van der Waals surface area contributed by atoms with Gasteiger partial charge in [-0.1, -0.05) is 0 Å². The lowest BCUT2D eigenvalue weighted by Gasteiger charge is -2.17. The molecule has 1 fully saturated rings. The maximum absolute atomic E-state index is 12.5. The lowest BCUT2D eigenvalue weighted by atomic mass is 10.1. The van der Waals surface area contributed by atoms with Crippen LogP contribution in [0.1, 0.15) is 11.1 Å². The van der Waals surface area contributed by atoms with E-state index >= 15 is 0 Å². The summed E-state index contributed by atoms with van der Waals surface area (Å²) >= 11 is 5.26. The Kier molecular flexibility index (Phi) is 5.63. The second-order valence-electron chi connectivity index (χ2n) is 5.35. The minimum Gasteiger partial charge on any atom is -0.496 e. The van der Waals surface area contributed by atoms with Gasteiger partial charge < -0.3 is 19.1 Å². The highest BCUT2D eigenvalue weighted by atomic mass is 32.1. The molecule has 1 heterocycles. The van der Waals surface area contributed by atoms with Crippen LogP contribution in [0.3, 0.4) is 0 Å². The summed E-state index contributed by atoms with van der Waals surface area (Å²) < 4.78 is 15.4. The van der Waals surface area contributed by atoms with E-state index in [9.17, 15) is 9.59 Å². The van der Waals surface area contributed by atoms with Crippen LogP contribution in [0.5, 0.6) is 11.5 Å². The van der Waals surface area contributed by atoms with E-state index in [1.165, 1.54) is 16.9 Å².